The van der Waals surface area contributed by atoms with Gasteiger partial charge in [0, 0.05) is 0 Å². The number of thioether (sulfide) groups is 1. The smallest absolute Gasteiger partial charge is 0.193 e. The van der Waals surface area contributed by atoms with Crippen LogP contribution in [0.4, 0.5) is 0 Å². The van der Waals surface area contributed by atoms with Crippen LogP contribution in [0.1, 0.15) is 12.5 Å². The van der Waals surface area contributed by atoms with Gasteiger partial charge in [-0.3, -0.25) is 0 Å². The molecule has 0 fully saturated rings. The van der Waals surface area contributed by atoms with Crippen LogP contribution in [0.2, 0.25) is 0 Å². The molecule has 2 unspecified atom stereocenters. The number of rotatable bonds is 4. The summed E-state index contributed by atoms with van der Waals surface area (Å²) in [7, 11) is -3.45. The lowest BCUT2D eigenvalue weighted by atomic mass is 10.2. The number of hydrogen-bond acceptors (Lipinski definition) is 4. The largest absolute Gasteiger partial charge is 0.391 e. The topological polar surface area (TPSA) is 54.4 Å². The van der Waals surface area contributed by atoms with Gasteiger partial charge in [0.2, 0.25) is 0 Å². The summed E-state index contributed by atoms with van der Waals surface area (Å²) in [6.07, 6.45) is 0.796. The molecule has 1 aromatic rings. The Morgan fingerprint density at radius 1 is 1.25 bits per heavy atom. The maximum absolute atomic E-state index is 12.1. The van der Waals surface area contributed by atoms with Gasteiger partial charge in [-0.05, 0) is 32.2 Å². The molecule has 1 aromatic carbocycles. The van der Waals surface area contributed by atoms with Crippen LogP contribution in [0.25, 0.3) is 0 Å². The maximum Gasteiger partial charge on any atom is 0.193 e. The van der Waals surface area contributed by atoms with Gasteiger partial charge in [-0.25, -0.2) is 8.42 Å². The Balaban J connectivity index is 3.15. The Morgan fingerprint density at radius 3 is 2.12 bits per heavy atom. The monoisotopic (exact) mass is 260 g/mol. The van der Waals surface area contributed by atoms with E-state index in [0.717, 1.165) is 17.3 Å². The molecule has 1 rings (SSSR count). The Bertz CT molecular complexity index is 435. The van der Waals surface area contributed by atoms with Crippen molar-refractivity contribution in [3.05, 3.63) is 29.8 Å². The second-order valence-electron chi connectivity index (χ2n) is 3.70. The van der Waals surface area contributed by atoms with E-state index in [1.54, 1.807) is 30.5 Å². The number of benzene rings is 1. The fourth-order valence-electron chi connectivity index (χ4n) is 1.44. The van der Waals surface area contributed by atoms with E-state index in [4.69, 9.17) is 0 Å². The highest BCUT2D eigenvalue weighted by atomic mass is 32.3. The molecule has 0 aliphatic carbocycles. The molecule has 0 aromatic heterocycles. The third-order valence-electron chi connectivity index (χ3n) is 2.28. The zero-order chi connectivity index (χ0) is 12.3. The molecular weight excluding hydrogens is 244 g/mol. The molecule has 5 heteroatoms. The number of aliphatic hydroxyl groups excluding tert-OH is 1. The summed E-state index contributed by atoms with van der Waals surface area (Å²) in [5.74, 6) is 0. The third kappa shape index (κ3) is 2.78. The molecule has 0 bridgehead atoms. The number of sulfone groups is 1. The molecular formula is C11H16O3S2. The molecule has 0 aliphatic heterocycles. The molecule has 2 atom stereocenters. The standard InChI is InChI=1S/C11H16O3S2/c1-8-4-6-10(7-5-8)16(13,14)11(15-3)9(2)12/h4-7,9,11-12H,1-3H3. The van der Waals surface area contributed by atoms with E-state index >= 15 is 0 Å². The van der Waals surface area contributed by atoms with Gasteiger partial charge in [-0.1, -0.05) is 17.7 Å². The van der Waals surface area contributed by atoms with Crippen LogP contribution in [-0.4, -0.2) is 30.5 Å². The van der Waals surface area contributed by atoms with Crippen molar-refractivity contribution in [1.29, 1.82) is 0 Å². The van der Waals surface area contributed by atoms with E-state index in [0.29, 0.717) is 0 Å². The zero-order valence-electron chi connectivity index (χ0n) is 9.54. The summed E-state index contributed by atoms with van der Waals surface area (Å²) in [5.41, 5.74) is 1.01. The Hall–Kier alpha value is -0.520. The second kappa shape index (κ2) is 5.21. The van der Waals surface area contributed by atoms with Crippen molar-refractivity contribution in [2.45, 2.75) is 29.4 Å². The predicted molar refractivity (Wildman–Crippen MR) is 67.3 cm³/mol. The van der Waals surface area contributed by atoms with Crippen LogP contribution < -0.4 is 0 Å². The van der Waals surface area contributed by atoms with E-state index in [2.05, 4.69) is 0 Å². The summed E-state index contributed by atoms with van der Waals surface area (Å²) in [4.78, 5) is 0.262. The highest BCUT2D eigenvalue weighted by Gasteiger charge is 2.30. The van der Waals surface area contributed by atoms with Crippen molar-refractivity contribution in [2.75, 3.05) is 6.26 Å². The molecule has 0 heterocycles. The number of hydrogen-bond donors (Lipinski definition) is 1. The van der Waals surface area contributed by atoms with Crippen molar-refractivity contribution < 1.29 is 13.5 Å². The molecule has 3 nitrogen and oxygen atoms in total. The van der Waals surface area contributed by atoms with E-state index < -0.39 is 20.5 Å². The van der Waals surface area contributed by atoms with Crippen molar-refractivity contribution in [1.82, 2.24) is 0 Å². The minimum Gasteiger partial charge on any atom is -0.391 e. The van der Waals surface area contributed by atoms with E-state index in [9.17, 15) is 13.5 Å². The summed E-state index contributed by atoms with van der Waals surface area (Å²) < 4.78 is 23.5. The second-order valence-corrected chi connectivity index (χ2v) is 7.05. The average molecular weight is 260 g/mol. The van der Waals surface area contributed by atoms with Gasteiger partial charge in [0.25, 0.3) is 0 Å². The van der Waals surface area contributed by atoms with Crippen LogP contribution in [-0.2, 0) is 9.84 Å². The van der Waals surface area contributed by atoms with Crippen LogP contribution in [0, 0.1) is 6.92 Å². The quantitative estimate of drug-likeness (QED) is 0.897. The lowest BCUT2D eigenvalue weighted by molar-refractivity contribution is 0.210. The summed E-state index contributed by atoms with van der Waals surface area (Å²) in [6.45, 7) is 3.39. The van der Waals surface area contributed by atoms with Gasteiger partial charge in [0.15, 0.2) is 9.84 Å². The average Bonchev–Trinajstić information content (AvgIpc) is 2.18. The zero-order valence-corrected chi connectivity index (χ0v) is 11.2. The molecule has 0 radical (unpaired) electrons. The SMILES string of the molecule is CSC(C(C)O)S(=O)(=O)c1ccc(C)cc1. The van der Waals surface area contributed by atoms with Crippen molar-refractivity contribution >= 4 is 21.6 Å². The van der Waals surface area contributed by atoms with Crippen LogP contribution >= 0.6 is 11.8 Å². The highest BCUT2D eigenvalue weighted by molar-refractivity contribution is 8.13. The van der Waals surface area contributed by atoms with Gasteiger partial charge in [0.1, 0.15) is 4.58 Å². The Labute approximate surface area is 101 Å². The number of aryl methyl sites for hydroxylation is 1. The van der Waals surface area contributed by atoms with Crippen molar-refractivity contribution in [2.24, 2.45) is 0 Å². The molecule has 0 aliphatic rings. The fourth-order valence-corrected chi connectivity index (χ4v) is 4.49. The molecule has 0 amide bonds. The molecule has 0 saturated heterocycles. The van der Waals surface area contributed by atoms with Crippen molar-refractivity contribution in [3.63, 3.8) is 0 Å². The van der Waals surface area contributed by atoms with Gasteiger partial charge < -0.3 is 5.11 Å². The van der Waals surface area contributed by atoms with E-state index in [1.165, 1.54) is 6.92 Å². The molecule has 1 N–H and O–H groups in total. The minimum atomic E-state index is -3.45. The first-order chi connectivity index (χ1) is 7.39. The molecule has 0 spiro atoms. The van der Waals surface area contributed by atoms with Crippen LogP contribution in [0.5, 0.6) is 0 Å². The van der Waals surface area contributed by atoms with Gasteiger partial charge >= 0.3 is 0 Å². The molecule has 16 heavy (non-hydrogen) atoms. The first kappa shape index (κ1) is 13.5. The predicted octanol–water partition coefficient (Wildman–Crippen LogP) is 1.84. The van der Waals surface area contributed by atoms with Crippen LogP contribution in [0.15, 0.2) is 29.2 Å². The van der Waals surface area contributed by atoms with E-state index in [-0.39, 0.29) is 4.90 Å². The number of aliphatic hydroxyl groups is 1. The Kier molecular flexibility index (Phi) is 4.41. The summed E-state index contributed by atoms with van der Waals surface area (Å²) >= 11 is 1.15. The van der Waals surface area contributed by atoms with Gasteiger partial charge in [0.05, 0.1) is 11.0 Å². The van der Waals surface area contributed by atoms with E-state index in [1.807, 2.05) is 6.92 Å². The highest BCUT2D eigenvalue weighted by Crippen LogP contribution is 2.25. The molecule has 0 saturated carbocycles. The normalized spacial score (nSPS) is 15.8. The van der Waals surface area contributed by atoms with Crippen molar-refractivity contribution in [3.8, 4) is 0 Å². The summed E-state index contributed by atoms with van der Waals surface area (Å²) in [5, 5.41) is 9.46. The fraction of sp³-hybridized carbons (Fsp3) is 0.455. The van der Waals surface area contributed by atoms with Gasteiger partial charge in [-0.2, -0.15) is 0 Å². The first-order valence-corrected chi connectivity index (χ1v) is 7.74. The summed E-state index contributed by atoms with van der Waals surface area (Å²) in [6, 6.07) is 6.67. The lowest BCUT2D eigenvalue weighted by Gasteiger charge is -2.18. The Morgan fingerprint density at radius 2 is 1.75 bits per heavy atom. The maximum atomic E-state index is 12.1. The first-order valence-electron chi connectivity index (χ1n) is 4.91. The molecule has 90 valence electrons. The van der Waals surface area contributed by atoms with Crippen LogP contribution in [0.3, 0.4) is 0 Å². The minimum absolute atomic E-state index is 0.262. The van der Waals surface area contributed by atoms with Gasteiger partial charge in [-0.15, -0.1) is 11.8 Å². The lowest BCUT2D eigenvalue weighted by Crippen LogP contribution is -2.28. The third-order valence-corrected chi connectivity index (χ3v) is 6.41.